The van der Waals surface area contributed by atoms with Crippen LogP contribution in [0.1, 0.15) is 83.0 Å². The molecule has 1 aliphatic rings. The molecule has 39 heavy (non-hydrogen) atoms. The Morgan fingerprint density at radius 2 is 1.85 bits per heavy atom. The standard InChI is InChI=1S/C31H35ClN2O4S/c1-7-9-24-27(30(36)37-8-2)28(21-12-10-20(11-13-21)18(3)4)34-29(35)26(39-31(34)33-24)17-22-16-23(32)14-15-25(22)38-19(5)6/h10-19,28H,7-9H2,1-6H3/b26-17+/t28-/m1/s1. The Balaban J connectivity index is 1.98. The van der Waals surface area contributed by atoms with Gasteiger partial charge in [0.25, 0.3) is 5.56 Å². The highest BCUT2D eigenvalue weighted by atomic mass is 35.5. The summed E-state index contributed by atoms with van der Waals surface area (Å²) in [5, 5.41) is 0.545. The van der Waals surface area contributed by atoms with Gasteiger partial charge in [-0.2, -0.15) is 0 Å². The van der Waals surface area contributed by atoms with Crippen LogP contribution in [-0.4, -0.2) is 23.2 Å². The van der Waals surface area contributed by atoms with E-state index in [0.717, 1.165) is 12.0 Å². The molecule has 1 atom stereocenters. The van der Waals surface area contributed by atoms with Crippen molar-refractivity contribution in [3.05, 3.63) is 95.1 Å². The molecule has 0 bridgehead atoms. The van der Waals surface area contributed by atoms with E-state index < -0.39 is 12.0 Å². The average Bonchev–Trinajstić information content (AvgIpc) is 3.19. The maximum Gasteiger partial charge on any atom is 0.338 e. The molecule has 6 nitrogen and oxygen atoms in total. The van der Waals surface area contributed by atoms with Gasteiger partial charge in [-0.1, -0.05) is 74.4 Å². The molecule has 1 aromatic heterocycles. The predicted molar refractivity (Wildman–Crippen MR) is 157 cm³/mol. The first-order valence-corrected chi connectivity index (χ1v) is 14.6. The van der Waals surface area contributed by atoms with E-state index in [-0.39, 0.29) is 18.3 Å². The van der Waals surface area contributed by atoms with Crippen molar-refractivity contribution in [1.82, 2.24) is 4.57 Å². The van der Waals surface area contributed by atoms with E-state index in [1.165, 1.54) is 16.9 Å². The molecule has 0 saturated heterocycles. The fraction of sp³-hybridized carbons (Fsp3) is 0.387. The second-order valence-electron chi connectivity index (χ2n) is 10.1. The monoisotopic (exact) mass is 566 g/mol. The number of hydrogen-bond acceptors (Lipinski definition) is 6. The molecule has 0 radical (unpaired) electrons. The molecule has 206 valence electrons. The first kappa shape index (κ1) is 28.8. The molecular formula is C31H35ClN2O4S. The molecule has 0 N–H and O–H groups in total. The first-order valence-electron chi connectivity index (χ1n) is 13.4. The third-order valence-electron chi connectivity index (χ3n) is 6.43. The lowest BCUT2D eigenvalue weighted by Gasteiger charge is -2.26. The summed E-state index contributed by atoms with van der Waals surface area (Å²) < 4.78 is 13.6. The van der Waals surface area contributed by atoms with E-state index in [9.17, 15) is 9.59 Å². The number of nitrogens with zero attached hydrogens (tertiary/aromatic N) is 2. The van der Waals surface area contributed by atoms with Crippen molar-refractivity contribution in [3.63, 3.8) is 0 Å². The predicted octanol–water partition coefficient (Wildman–Crippen LogP) is 6.14. The van der Waals surface area contributed by atoms with Gasteiger partial charge in [0.15, 0.2) is 4.80 Å². The van der Waals surface area contributed by atoms with Gasteiger partial charge in [-0.25, -0.2) is 9.79 Å². The molecule has 0 fully saturated rings. The number of esters is 1. The van der Waals surface area contributed by atoms with E-state index in [1.54, 1.807) is 29.7 Å². The highest BCUT2D eigenvalue weighted by molar-refractivity contribution is 7.07. The van der Waals surface area contributed by atoms with E-state index in [1.807, 2.05) is 39.0 Å². The van der Waals surface area contributed by atoms with Crippen molar-refractivity contribution in [2.45, 2.75) is 72.4 Å². The number of hydrogen-bond donors (Lipinski definition) is 0. The molecule has 3 aromatic rings. The van der Waals surface area contributed by atoms with Crippen molar-refractivity contribution >= 4 is 35.0 Å². The number of allylic oxidation sites excluding steroid dienone is 1. The van der Waals surface area contributed by atoms with Gasteiger partial charge in [0.05, 0.1) is 34.6 Å². The van der Waals surface area contributed by atoms with Crippen molar-refractivity contribution in [1.29, 1.82) is 0 Å². The second kappa shape index (κ2) is 12.3. The molecule has 0 aliphatic carbocycles. The van der Waals surface area contributed by atoms with Gasteiger partial charge in [0.1, 0.15) is 5.75 Å². The molecule has 0 unspecified atom stereocenters. The number of halogens is 1. The fourth-order valence-corrected chi connectivity index (χ4v) is 5.83. The zero-order valence-corrected chi connectivity index (χ0v) is 24.9. The second-order valence-corrected chi connectivity index (χ2v) is 11.5. The van der Waals surface area contributed by atoms with Gasteiger partial charge in [-0.05, 0) is 68.5 Å². The van der Waals surface area contributed by atoms with Gasteiger partial charge in [0.2, 0.25) is 0 Å². The van der Waals surface area contributed by atoms with Gasteiger partial charge in [-0.15, -0.1) is 0 Å². The number of ether oxygens (including phenoxy) is 2. The van der Waals surface area contributed by atoms with Crippen LogP contribution < -0.4 is 19.6 Å². The summed E-state index contributed by atoms with van der Waals surface area (Å²) in [7, 11) is 0. The Morgan fingerprint density at radius 1 is 1.13 bits per heavy atom. The Hall–Kier alpha value is -3.16. The SMILES string of the molecule is CCCC1=C(C(=O)OCC)[C@@H](c2ccc(C(C)C)cc2)n2c(s/c(=C/c3cc(Cl)ccc3OC(C)C)c2=O)=N1. The summed E-state index contributed by atoms with van der Waals surface area (Å²) in [5.74, 6) is 0.552. The molecular weight excluding hydrogens is 532 g/mol. The number of aromatic nitrogens is 1. The van der Waals surface area contributed by atoms with Crippen LogP contribution in [0.15, 0.2) is 63.5 Å². The van der Waals surface area contributed by atoms with Gasteiger partial charge < -0.3 is 9.47 Å². The van der Waals surface area contributed by atoms with Crippen LogP contribution >= 0.6 is 22.9 Å². The van der Waals surface area contributed by atoms with Crippen molar-refractivity contribution in [3.8, 4) is 5.75 Å². The highest BCUT2D eigenvalue weighted by Crippen LogP contribution is 2.33. The lowest BCUT2D eigenvalue weighted by Crippen LogP contribution is -2.40. The van der Waals surface area contributed by atoms with Crippen LogP contribution in [0.4, 0.5) is 0 Å². The maximum absolute atomic E-state index is 14.0. The van der Waals surface area contributed by atoms with Crippen LogP contribution in [0.3, 0.4) is 0 Å². The van der Waals surface area contributed by atoms with Crippen molar-refractivity contribution < 1.29 is 14.3 Å². The lowest BCUT2D eigenvalue weighted by atomic mass is 9.92. The largest absolute Gasteiger partial charge is 0.490 e. The number of carbonyl (C=O) groups excluding carboxylic acids is 1. The first-order chi connectivity index (χ1) is 18.6. The van der Waals surface area contributed by atoms with Crippen LogP contribution in [0.5, 0.6) is 5.75 Å². The highest BCUT2D eigenvalue weighted by Gasteiger charge is 2.34. The summed E-state index contributed by atoms with van der Waals surface area (Å²) >= 11 is 7.60. The molecule has 4 rings (SSSR count). The van der Waals surface area contributed by atoms with Crippen LogP contribution in [0.2, 0.25) is 5.02 Å². The molecule has 2 aromatic carbocycles. The number of benzene rings is 2. The third kappa shape index (κ3) is 6.20. The number of thiazole rings is 1. The fourth-order valence-electron chi connectivity index (χ4n) is 4.63. The third-order valence-corrected chi connectivity index (χ3v) is 7.65. The molecule has 1 aliphatic heterocycles. The van der Waals surface area contributed by atoms with Gasteiger partial charge in [0, 0.05) is 10.6 Å². The molecule has 2 heterocycles. The minimum Gasteiger partial charge on any atom is -0.490 e. The van der Waals surface area contributed by atoms with Crippen LogP contribution in [0, 0.1) is 0 Å². The molecule has 0 amide bonds. The molecule has 8 heteroatoms. The summed E-state index contributed by atoms with van der Waals surface area (Å²) in [4.78, 5) is 32.8. The molecule has 0 saturated carbocycles. The number of fused-ring (bicyclic) bond motifs is 1. The summed E-state index contributed by atoms with van der Waals surface area (Å²) in [6.45, 7) is 12.2. The number of rotatable bonds is 9. The smallest absolute Gasteiger partial charge is 0.338 e. The molecule has 0 spiro atoms. The van der Waals surface area contributed by atoms with E-state index in [4.69, 9.17) is 26.1 Å². The van der Waals surface area contributed by atoms with Crippen LogP contribution in [-0.2, 0) is 9.53 Å². The lowest BCUT2D eigenvalue weighted by molar-refractivity contribution is -0.139. The Morgan fingerprint density at radius 3 is 2.46 bits per heavy atom. The zero-order chi connectivity index (χ0) is 28.3. The summed E-state index contributed by atoms with van der Waals surface area (Å²) in [6.07, 6.45) is 3.14. The Kier molecular flexibility index (Phi) is 9.13. The topological polar surface area (TPSA) is 69.9 Å². The van der Waals surface area contributed by atoms with Gasteiger partial charge >= 0.3 is 5.97 Å². The van der Waals surface area contributed by atoms with Crippen molar-refractivity contribution in [2.75, 3.05) is 6.61 Å². The number of carbonyl (C=O) groups is 1. The van der Waals surface area contributed by atoms with E-state index >= 15 is 0 Å². The van der Waals surface area contributed by atoms with Gasteiger partial charge in [-0.3, -0.25) is 9.36 Å². The zero-order valence-electron chi connectivity index (χ0n) is 23.3. The minimum absolute atomic E-state index is 0.0444. The van der Waals surface area contributed by atoms with Crippen LogP contribution in [0.25, 0.3) is 6.08 Å². The average molecular weight is 567 g/mol. The Bertz CT molecular complexity index is 1570. The van der Waals surface area contributed by atoms with E-state index in [0.29, 0.717) is 49.3 Å². The van der Waals surface area contributed by atoms with Crippen molar-refractivity contribution in [2.24, 2.45) is 4.99 Å². The minimum atomic E-state index is -0.643. The Labute approximate surface area is 238 Å². The summed E-state index contributed by atoms with van der Waals surface area (Å²) in [5.41, 5.74) is 3.57. The quantitative estimate of drug-likeness (QED) is 0.292. The normalized spacial score (nSPS) is 15.5. The maximum atomic E-state index is 14.0. The van der Waals surface area contributed by atoms with E-state index in [2.05, 4.69) is 26.0 Å². The summed E-state index contributed by atoms with van der Waals surface area (Å²) in [6, 6.07) is 12.8.